The summed E-state index contributed by atoms with van der Waals surface area (Å²) in [6, 6.07) is 0. The van der Waals surface area contributed by atoms with Gasteiger partial charge < -0.3 is 14.2 Å². The molecule has 67 heavy (non-hydrogen) atoms. The van der Waals surface area contributed by atoms with Crippen LogP contribution in [0.4, 0.5) is 0 Å². The van der Waals surface area contributed by atoms with Crippen LogP contribution < -0.4 is 0 Å². The molecule has 1 unspecified atom stereocenters. The molecule has 0 bridgehead atoms. The monoisotopic (exact) mass is 927 g/mol. The van der Waals surface area contributed by atoms with Gasteiger partial charge in [-0.25, -0.2) is 0 Å². The Morgan fingerprint density at radius 1 is 0.328 bits per heavy atom. The first kappa shape index (κ1) is 62.8. The molecular weight excluding hydrogens is 829 g/mol. The Labute approximate surface area is 412 Å². The lowest BCUT2D eigenvalue weighted by atomic mass is 10.1. The fraction of sp³-hybridized carbons (Fsp3) is 0.623. The first-order valence-electron chi connectivity index (χ1n) is 27.0. The summed E-state index contributed by atoms with van der Waals surface area (Å²) in [5.41, 5.74) is 0. The topological polar surface area (TPSA) is 78.9 Å². The van der Waals surface area contributed by atoms with Crippen LogP contribution >= 0.6 is 0 Å². The highest BCUT2D eigenvalue weighted by molar-refractivity contribution is 5.72. The normalized spacial score (nSPS) is 13.1. The third kappa shape index (κ3) is 52.6. The molecule has 0 N–H and O–H groups in total. The Morgan fingerprint density at radius 3 is 1.06 bits per heavy atom. The molecule has 0 aromatic carbocycles. The van der Waals surface area contributed by atoms with Crippen LogP contribution in [0.15, 0.2) is 122 Å². The lowest BCUT2D eigenvalue weighted by molar-refractivity contribution is -0.166. The Morgan fingerprint density at radius 2 is 0.642 bits per heavy atom. The fourth-order valence-electron chi connectivity index (χ4n) is 6.97. The minimum absolute atomic E-state index is 0.117. The van der Waals surface area contributed by atoms with Crippen molar-refractivity contribution < 1.29 is 28.6 Å². The highest BCUT2D eigenvalue weighted by Gasteiger charge is 2.19. The van der Waals surface area contributed by atoms with E-state index in [1.54, 1.807) is 6.08 Å². The summed E-state index contributed by atoms with van der Waals surface area (Å²) in [6.07, 6.45) is 74.9. The molecule has 0 aromatic heterocycles. The van der Waals surface area contributed by atoms with E-state index in [0.717, 1.165) is 109 Å². The van der Waals surface area contributed by atoms with E-state index >= 15 is 0 Å². The van der Waals surface area contributed by atoms with Gasteiger partial charge in [-0.05, 0) is 109 Å². The Kier molecular flexibility index (Phi) is 51.0. The molecule has 378 valence electrons. The van der Waals surface area contributed by atoms with Crippen molar-refractivity contribution in [3.8, 4) is 0 Å². The van der Waals surface area contributed by atoms with E-state index in [1.165, 1.54) is 77.0 Å². The molecule has 0 aliphatic carbocycles. The molecule has 0 heterocycles. The van der Waals surface area contributed by atoms with Crippen LogP contribution in [0.3, 0.4) is 0 Å². The molecule has 0 aromatic rings. The zero-order chi connectivity index (χ0) is 48.6. The number of esters is 3. The van der Waals surface area contributed by atoms with Crippen LogP contribution in [0.1, 0.15) is 226 Å². The molecule has 0 fully saturated rings. The lowest BCUT2D eigenvalue weighted by Gasteiger charge is -2.18. The Bertz CT molecular complexity index is 1440. The van der Waals surface area contributed by atoms with Gasteiger partial charge in [-0.3, -0.25) is 14.4 Å². The number of carbonyl (C=O) groups excluding carboxylic acids is 3. The van der Waals surface area contributed by atoms with Crippen LogP contribution in [0.2, 0.25) is 0 Å². The van der Waals surface area contributed by atoms with Crippen LogP contribution in [-0.4, -0.2) is 37.2 Å². The third-order valence-corrected chi connectivity index (χ3v) is 11.0. The predicted octanol–water partition coefficient (Wildman–Crippen LogP) is 18.1. The maximum absolute atomic E-state index is 12.8. The van der Waals surface area contributed by atoms with Crippen LogP contribution in [0.25, 0.3) is 0 Å². The summed E-state index contributed by atoms with van der Waals surface area (Å²) >= 11 is 0. The molecule has 0 spiro atoms. The second kappa shape index (κ2) is 54.4. The first-order valence-corrected chi connectivity index (χ1v) is 27.0. The van der Waals surface area contributed by atoms with E-state index < -0.39 is 12.1 Å². The minimum atomic E-state index is -0.834. The fourth-order valence-corrected chi connectivity index (χ4v) is 6.97. The summed E-state index contributed by atoms with van der Waals surface area (Å²) in [5.74, 6) is -1.09. The van der Waals surface area contributed by atoms with Crippen LogP contribution in [0.5, 0.6) is 0 Å². The summed E-state index contributed by atoms with van der Waals surface area (Å²) in [5, 5.41) is 0. The SMILES string of the molecule is CC/C=C\C/C=C\C/C=C\C/C=C\C/C=C\CC(=O)OCC(COC(=O)CCCCCC/C=C\C/C=C\C/C=C\C/C=C\CC)OC(=O)CCCCCCCCC/C=C\CCCCCCCC. The molecule has 0 aliphatic rings. The van der Waals surface area contributed by atoms with Gasteiger partial charge in [-0.2, -0.15) is 0 Å². The summed E-state index contributed by atoms with van der Waals surface area (Å²) in [4.78, 5) is 38.0. The van der Waals surface area contributed by atoms with Crippen molar-refractivity contribution in [1.29, 1.82) is 0 Å². The van der Waals surface area contributed by atoms with Crippen molar-refractivity contribution in [1.82, 2.24) is 0 Å². The number of hydrogen-bond acceptors (Lipinski definition) is 6. The van der Waals surface area contributed by atoms with Crippen molar-refractivity contribution >= 4 is 17.9 Å². The largest absolute Gasteiger partial charge is 0.462 e. The van der Waals surface area contributed by atoms with Gasteiger partial charge in [0.15, 0.2) is 6.10 Å². The van der Waals surface area contributed by atoms with Gasteiger partial charge in [-0.15, -0.1) is 0 Å². The standard InChI is InChI=1S/C61H98O6/c1-4-7-10-13-16-19-22-25-28-30-33-36-39-42-45-48-51-54-60(63)66-57-58(56-65-59(62)53-50-47-44-41-38-35-32-27-24-21-18-15-12-9-6-3)67-61(64)55-52-49-46-43-40-37-34-31-29-26-23-20-17-14-11-8-5-2/h7,9-10,12,16,18-19,21,25-29,32-33,36,38,41,47,50,58H,4-6,8,11,13-15,17,20,22-24,30-31,34-35,37,39-40,42-46,48-49,51-57H2,1-3H3/b10-7-,12-9-,19-16-,21-18-,28-25-,29-26-,32-27-,36-33-,41-38-,50-47-. The molecule has 0 aliphatic heterocycles. The van der Waals surface area contributed by atoms with E-state index in [4.69, 9.17) is 14.2 Å². The van der Waals surface area contributed by atoms with Gasteiger partial charge in [0.25, 0.3) is 0 Å². The number of carbonyl (C=O) groups is 3. The summed E-state index contributed by atoms with van der Waals surface area (Å²) < 4.78 is 16.7. The molecule has 6 nitrogen and oxygen atoms in total. The van der Waals surface area contributed by atoms with E-state index in [1.807, 2.05) is 6.08 Å². The van der Waals surface area contributed by atoms with Crippen LogP contribution in [0, 0.1) is 0 Å². The summed E-state index contributed by atoms with van der Waals surface area (Å²) in [6.45, 7) is 6.28. The van der Waals surface area contributed by atoms with E-state index in [9.17, 15) is 14.4 Å². The number of hydrogen-bond donors (Lipinski definition) is 0. The molecule has 6 heteroatoms. The van der Waals surface area contributed by atoms with Gasteiger partial charge in [-0.1, -0.05) is 219 Å². The van der Waals surface area contributed by atoms with E-state index in [0.29, 0.717) is 12.8 Å². The quantitative estimate of drug-likeness (QED) is 0.0262. The highest BCUT2D eigenvalue weighted by Crippen LogP contribution is 2.13. The Balaban J connectivity index is 4.56. The van der Waals surface area contributed by atoms with Gasteiger partial charge in [0.05, 0.1) is 6.42 Å². The third-order valence-electron chi connectivity index (χ3n) is 11.0. The van der Waals surface area contributed by atoms with Crippen molar-refractivity contribution in [3.63, 3.8) is 0 Å². The summed E-state index contributed by atoms with van der Waals surface area (Å²) in [7, 11) is 0. The maximum Gasteiger partial charge on any atom is 0.309 e. The van der Waals surface area contributed by atoms with E-state index in [2.05, 4.69) is 130 Å². The van der Waals surface area contributed by atoms with Crippen LogP contribution in [-0.2, 0) is 28.6 Å². The molecule has 0 amide bonds. The molecule has 1 atom stereocenters. The average Bonchev–Trinajstić information content (AvgIpc) is 3.33. The maximum atomic E-state index is 12.8. The zero-order valence-corrected chi connectivity index (χ0v) is 43.1. The Hall–Kier alpha value is -4.19. The van der Waals surface area contributed by atoms with E-state index in [-0.39, 0.29) is 31.6 Å². The van der Waals surface area contributed by atoms with Gasteiger partial charge in [0.2, 0.25) is 0 Å². The smallest absolute Gasteiger partial charge is 0.309 e. The molecule has 0 rings (SSSR count). The second-order valence-corrected chi connectivity index (χ2v) is 17.4. The molecule has 0 saturated heterocycles. The highest BCUT2D eigenvalue weighted by atomic mass is 16.6. The van der Waals surface area contributed by atoms with Gasteiger partial charge in [0, 0.05) is 12.8 Å². The predicted molar refractivity (Wildman–Crippen MR) is 288 cm³/mol. The van der Waals surface area contributed by atoms with Crippen molar-refractivity contribution in [2.24, 2.45) is 0 Å². The number of rotatable bonds is 47. The molecule has 0 saturated carbocycles. The second-order valence-electron chi connectivity index (χ2n) is 17.4. The zero-order valence-electron chi connectivity index (χ0n) is 43.1. The number of allylic oxidation sites excluding steroid dienone is 19. The average molecular weight is 927 g/mol. The van der Waals surface area contributed by atoms with Crippen molar-refractivity contribution in [2.75, 3.05) is 13.2 Å². The van der Waals surface area contributed by atoms with Crippen molar-refractivity contribution in [3.05, 3.63) is 122 Å². The number of unbranched alkanes of at least 4 members (excludes halogenated alkanes) is 17. The minimum Gasteiger partial charge on any atom is -0.462 e. The number of ether oxygens (including phenoxy) is 3. The first-order chi connectivity index (χ1) is 33.0. The molecular formula is C61H98O6. The van der Waals surface area contributed by atoms with Gasteiger partial charge in [0.1, 0.15) is 13.2 Å². The van der Waals surface area contributed by atoms with Crippen molar-refractivity contribution in [2.45, 2.75) is 232 Å². The molecule has 0 radical (unpaired) electrons. The van der Waals surface area contributed by atoms with Gasteiger partial charge >= 0.3 is 17.9 Å². The lowest BCUT2D eigenvalue weighted by Crippen LogP contribution is -2.30.